The normalized spacial score (nSPS) is 22.4. The first kappa shape index (κ1) is 14.0. The maximum absolute atomic E-state index is 13.3. The lowest BCUT2D eigenvalue weighted by Gasteiger charge is -2.24. The zero-order valence-electron chi connectivity index (χ0n) is 10.7. The zero-order chi connectivity index (χ0) is 14.0. The van der Waals surface area contributed by atoms with Crippen LogP contribution in [0.15, 0.2) is 12.1 Å². The van der Waals surface area contributed by atoms with Crippen molar-refractivity contribution in [1.82, 2.24) is 0 Å². The van der Waals surface area contributed by atoms with E-state index in [4.69, 9.17) is 10.8 Å². The molecule has 1 fully saturated rings. The molecule has 1 aromatic carbocycles. The number of benzene rings is 1. The summed E-state index contributed by atoms with van der Waals surface area (Å²) in [6.07, 6.45) is 2.25. The summed E-state index contributed by atoms with van der Waals surface area (Å²) in [5.41, 5.74) is 5.37. The summed E-state index contributed by atoms with van der Waals surface area (Å²) in [4.78, 5) is 11.2. The van der Waals surface area contributed by atoms with Gasteiger partial charge in [0.1, 0.15) is 11.4 Å². The first-order valence-electron chi connectivity index (χ1n) is 6.12. The third-order valence-corrected chi connectivity index (χ3v) is 4.90. The topological polar surface area (TPSA) is 75.3 Å². The molecular formula is C13H17FN2O2S. The number of halogens is 1. The highest BCUT2D eigenvalue weighted by atomic mass is 32.2. The first-order valence-corrected chi connectivity index (χ1v) is 7.11. The van der Waals surface area contributed by atoms with Crippen LogP contribution in [0, 0.1) is 5.82 Å². The lowest BCUT2D eigenvalue weighted by Crippen LogP contribution is -2.28. The number of hydrogen-bond donors (Lipinski definition) is 3. The fourth-order valence-corrected chi connectivity index (χ4v) is 3.47. The third-order valence-electron chi connectivity index (χ3n) is 3.36. The van der Waals surface area contributed by atoms with Crippen LogP contribution in [0.25, 0.3) is 0 Å². The van der Waals surface area contributed by atoms with E-state index in [-0.39, 0.29) is 16.0 Å². The fourth-order valence-electron chi connectivity index (χ4n) is 2.23. The smallest absolute Gasteiger partial charge is 0.340 e. The molecule has 104 valence electrons. The van der Waals surface area contributed by atoms with E-state index in [0.717, 1.165) is 12.2 Å². The zero-order valence-corrected chi connectivity index (χ0v) is 11.5. The van der Waals surface area contributed by atoms with Gasteiger partial charge in [-0.1, -0.05) is 0 Å². The summed E-state index contributed by atoms with van der Waals surface area (Å²) in [7, 11) is 0. The standard InChI is InChI=1S/C13H17FN2O2S/c1-13(5-2-6-19-13)7-16-9-4-3-8(14)11(15)10(9)12(17)18/h3-4,16H,2,5-7,15H2,1H3,(H,17,18). The maximum Gasteiger partial charge on any atom is 0.340 e. The van der Waals surface area contributed by atoms with Gasteiger partial charge in [0.05, 0.1) is 11.4 Å². The molecule has 1 heterocycles. The molecule has 4 N–H and O–H groups in total. The van der Waals surface area contributed by atoms with Crippen LogP contribution >= 0.6 is 11.8 Å². The van der Waals surface area contributed by atoms with Gasteiger partial charge in [0.15, 0.2) is 0 Å². The van der Waals surface area contributed by atoms with E-state index >= 15 is 0 Å². The Hall–Kier alpha value is -1.43. The highest BCUT2D eigenvalue weighted by Crippen LogP contribution is 2.38. The van der Waals surface area contributed by atoms with Crippen molar-refractivity contribution in [2.45, 2.75) is 24.5 Å². The molecule has 1 aromatic rings. The number of aromatic carboxylic acids is 1. The summed E-state index contributed by atoms with van der Waals surface area (Å²) in [5.74, 6) is -0.802. The first-order chi connectivity index (χ1) is 8.93. The van der Waals surface area contributed by atoms with Gasteiger partial charge in [0.25, 0.3) is 0 Å². The highest BCUT2D eigenvalue weighted by molar-refractivity contribution is 8.00. The molecule has 6 heteroatoms. The lowest BCUT2D eigenvalue weighted by atomic mass is 10.0. The van der Waals surface area contributed by atoms with Crippen molar-refractivity contribution >= 4 is 29.1 Å². The van der Waals surface area contributed by atoms with Crippen LogP contribution in [0.1, 0.15) is 30.1 Å². The maximum atomic E-state index is 13.3. The van der Waals surface area contributed by atoms with Gasteiger partial charge in [0.2, 0.25) is 0 Å². The number of hydrogen-bond acceptors (Lipinski definition) is 4. The number of carboxylic acids is 1. The van der Waals surface area contributed by atoms with Crippen LogP contribution in [0.2, 0.25) is 0 Å². The Labute approximate surface area is 115 Å². The minimum Gasteiger partial charge on any atom is -0.478 e. The Bertz CT molecular complexity index is 502. The van der Waals surface area contributed by atoms with Gasteiger partial charge in [-0.3, -0.25) is 0 Å². The predicted octanol–water partition coefficient (Wildman–Crippen LogP) is 2.80. The van der Waals surface area contributed by atoms with Crippen molar-refractivity contribution in [3.8, 4) is 0 Å². The molecule has 0 bridgehead atoms. The number of carboxylic acid groups (broad SMARTS) is 1. The van der Waals surface area contributed by atoms with Crippen molar-refractivity contribution in [2.75, 3.05) is 23.3 Å². The number of nitrogen functional groups attached to an aromatic ring is 1. The Kier molecular flexibility index (Phi) is 3.89. The monoisotopic (exact) mass is 284 g/mol. The molecule has 2 rings (SSSR count). The number of anilines is 2. The summed E-state index contributed by atoms with van der Waals surface area (Å²) in [5, 5.41) is 12.2. The fraction of sp³-hybridized carbons (Fsp3) is 0.462. The second kappa shape index (κ2) is 5.28. The summed E-state index contributed by atoms with van der Waals surface area (Å²) >= 11 is 1.87. The number of thioether (sulfide) groups is 1. The number of carbonyl (C=O) groups is 1. The molecule has 0 aromatic heterocycles. The van der Waals surface area contributed by atoms with Crippen molar-refractivity contribution in [3.63, 3.8) is 0 Å². The Morgan fingerprint density at radius 1 is 1.63 bits per heavy atom. The molecule has 0 aliphatic carbocycles. The lowest BCUT2D eigenvalue weighted by molar-refractivity contribution is 0.0698. The summed E-state index contributed by atoms with van der Waals surface area (Å²) in [6, 6.07) is 2.62. The molecule has 0 saturated carbocycles. The molecule has 1 unspecified atom stereocenters. The molecule has 1 aliphatic heterocycles. The van der Waals surface area contributed by atoms with Crippen LogP contribution in [0.3, 0.4) is 0 Å². The number of rotatable bonds is 4. The van der Waals surface area contributed by atoms with Gasteiger partial charge in [-0.15, -0.1) is 0 Å². The largest absolute Gasteiger partial charge is 0.478 e. The number of nitrogens with one attached hydrogen (secondary N) is 1. The Morgan fingerprint density at radius 2 is 2.37 bits per heavy atom. The van der Waals surface area contributed by atoms with Gasteiger partial charge in [-0.2, -0.15) is 11.8 Å². The second-order valence-electron chi connectivity index (χ2n) is 4.94. The van der Waals surface area contributed by atoms with Crippen LogP contribution in [-0.4, -0.2) is 28.1 Å². The molecule has 1 aliphatic rings. The molecule has 1 saturated heterocycles. The van der Waals surface area contributed by atoms with E-state index in [1.54, 1.807) is 0 Å². The van der Waals surface area contributed by atoms with Crippen molar-refractivity contribution in [2.24, 2.45) is 0 Å². The Morgan fingerprint density at radius 3 is 2.95 bits per heavy atom. The van der Waals surface area contributed by atoms with Crippen LogP contribution in [0.5, 0.6) is 0 Å². The van der Waals surface area contributed by atoms with Crippen LogP contribution in [0.4, 0.5) is 15.8 Å². The van der Waals surface area contributed by atoms with Crippen molar-refractivity contribution in [1.29, 1.82) is 0 Å². The van der Waals surface area contributed by atoms with E-state index in [1.807, 2.05) is 11.8 Å². The average Bonchev–Trinajstić information content (AvgIpc) is 2.78. The minimum absolute atomic E-state index is 0.0962. The van der Waals surface area contributed by atoms with Gasteiger partial charge in [-0.05, 0) is 37.7 Å². The van der Waals surface area contributed by atoms with Crippen LogP contribution in [-0.2, 0) is 0 Å². The third kappa shape index (κ3) is 2.94. The molecular weight excluding hydrogens is 267 g/mol. The summed E-state index contributed by atoms with van der Waals surface area (Å²) < 4.78 is 13.4. The molecule has 1 atom stereocenters. The van der Waals surface area contributed by atoms with E-state index in [9.17, 15) is 9.18 Å². The molecule has 4 nitrogen and oxygen atoms in total. The molecule has 0 spiro atoms. The average molecular weight is 284 g/mol. The predicted molar refractivity (Wildman–Crippen MR) is 76.4 cm³/mol. The van der Waals surface area contributed by atoms with E-state index in [1.165, 1.54) is 18.6 Å². The Balaban J connectivity index is 2.20. The van der Waals surface area contributed by atoms with Gasteiger partial charge in [-0.25, -0.2) is 9.18 Å². The molecule has 0 radical (unpaired) electrons. The van der Waals surface area contributed by atoms with Crippen molar-refractivity contribution in [3.05, 3.63) is 23.5 Å². The SMILES string of the molecule is CC1(CNc2ccc(F)c(N)c2C(=O)O)CCCS1. The van der Waals surface area contributed by atoms with Crippen LogP contribution < -0.4 is 11.1 Å². The van der Waals surface area contributed by atoms with E-state index in [0.29, 0.717) is 12.2 Å². The number of nitrogens with two attached hydrogens (primary N) is 1. The molecule has 19 heavy (non-hydrogen) atoms. The van der Waals surface area contributed by atoms with Gasteiger partial charge >= 0.3 is 5.97 Å². The van der Waals surface area contributed by atoms with Gasteiger partial charge in [0, 0.05) is 11.3 Å². The highest BCUT2D eigenvalue weighted by Gasteiger charge is 2.29. The minimum atomic E-state index is -1.22. The van der Waals surface area contributed by atoms with Gasteiger partial charge < -0.3 is 16.2 Å². The molecule has 0 amide bonds. The second-order valence-corrected chi connectivity index (χ2v) is 6.63. The quantitative estimate of drug-likeness (QED) is 0.741. The van der Waals surface area contributed by atoms with Crippen molar-refractivity contribution < 1.29 is 14.3 Å². The summed E-state index contributed by atoms with van der Waals surface area (Å²) in [6.45, 7) is 2.79. The van der Waals surface area contributed by atoms with E-state index in [2.05, 4.69) is 12.2 Å². The van der Waals surface area contributed by atoms with E-state index < -0.39 is 11.8 Å².